The van der Waals surface area contributed by atoms with Crippen molar-refractivity contribution in [2.24, 2.45) is 0 Å². The predicted octanol–water partition coefficient (Wildman–Crippen LogP) is 4.84. The van der Waals surface area contributed by atoms with Gasteiger partial charge in [0.05, 0.1) is 6.17 Å². The molecule has 2 nitrogen and oxygen atoms in total. The van der Waals surface area contributed by atoms with Gasteiger partial charge in [-0.1, -0.05) is 43.3 Å². The maximum atomic E-state index is 2.81. The van der Waals surface area contributed by atoms with E-state index in [1.54, 1.807) is 0 Å². The number of thioether (sulfide) groups is 1. The molecule has 0 amide bonds. The first-order chi connectivity index (χ1) is 11.9. The third-order valence-corrected chi connectivity index (χ3v) is 6.94. The normalized spacial score (nSPS) is 25.7. The third kappa shape index (κ3) is 3.22. The van der Waals surface area contributed by atoms with Crippen LogP contribution in [-0.2, 0) is 0 Å². The van der Waals surface area contributed by atoms with Crippen molar-refractivity contribution < 1.29 is 0 Å². The summed E-state index contributed by atoms with van der Waals surface area (Å²) in [5.74, 6) is 1.22. The summed E-state index contributed by atoms with van der Waals surface area (Å²) in [5.41, 5.74) is 0. The molecule has 2 aliphatic heterocycles. The fraction of sp³-hybridized carbons (Fsp3) is 0.524. The van der Waals surface area contributed by atoms with E-state index in [0.29, 0.717) is 6.17 Å². The van der Waals surface area contributed by atoms with Crippen LogP contribution >= 0.6 is 11.8 Å². The van der Waals surface area contributed by atoms with Crippen molar-refractivity contribution in [2.45, 2.75) is 49.7 Å². The van der Waals surface area contributed by atoms with Crippen molar-refractivity contribution in [3.05, 3.63) is 42.5 Å². The quantitative estimate of drug-likeness (QED) is 0.719. The Morgan fingerprint density at radius 3 is 2.75 bits per heavy atom. The standard InChI is InChI=1S/C21H28N2S/c1-2-22-14-7-13-21(22)23-15-6-10-18(23)16-24-20-12-5-9-17-8-3-4-11-19(17)20/h3-5,8-9,11-12,18,21H,2,6-7,10,13-16H2,1H3. The molecular weight excluding hydrogens is 312 g/mol. The Kier molecular flexibility index (Phi) is 5.11. The molecule has 24 heavy (non-hydrogen) atoms. The van der Waals surface area contributed by atoms with E-state index in [4.69, 9.17) is 0 Å². The van der Waals surface area contributed by atoms with E-state index >= 15 is 0 Å². The smallest absolute Gasteiger partial charge is 0.0625 e. The van der Waals surface area contributed by atoms with Crippen LogP contribution in [0.25, 0.3) is 10.8 Å². The first-order valence-corrected chi connectivity index (χ1v) is 10.5. The molecule has 4 rings (SSSR count). The van der Waals surface area contributed by atoms with E-state index in [0.717, 1.165) is 6.04 Å². The summed E-state index contributed by atoms with van der Waals surface area (Å²) in [6, 6.07) is 16.2. The highest BCUT2D eigenvalue weighted by molar-refractivity contribution is 7.99. The van der Waals surface area contributed by atoms with Gasteiger partial charge in [-0.25, -0.2) is 0 Å². The fourth-order valence-corrected chi connectivity index (χ4v) is 5.74. The zero-order valence-corrected chi connectivity index (χ0v) is 15.5. The molecular formula is C21H28N2S. The van der Waals surface area contributed by atoms with E-state index in [1.165, 1.54) is 66.7 Å². The van der Waals surface area contributed by atoms with Gasteiger partial charge in [0.25, 0.3) is 0 Å². The van der Waals surface area contributed by atoms with Gasteiger partial charge in [-0.15, -0.1) is 11.8 Å². The molecule has 0 aromatic heterocycles. The highest BCUT2D eigenvalue weighted by Crippen LogP contribution is 2.33. The van der Waals surface area contributed by atoms with Gasteiger partial charge in [0.15, 0.2) is 0 Å². The Balaban J connectivity index is 1.46. The summed E-state index contributed by atoms with van der Waals surface area (Å²) in [7, 11) is 0. The maximum absolute atomic E-state index is 2.81. The average molecular weight is 341 g/mol. The first kappa shape index (κ1) is 16.4. The minimum atomic E-state index is 0.704. The molecule has 2 atom stereocenters. The van der Waals surface area contributed by atoms with Crippen LogP contribution in [-0.4, -0.2) is 47.4 Å². The molecule has 2 saturated heterocycles. The summed E-state index contributed by atoms with van der Waals surface area (Å²) < 4.78 is 0. The fourth-order valence-electron chi connectivity index (χ4n) is 4.49. The van der Waals surface area contributed by atoms with Gasteiger partial charge in [-0.2, -0.15) is 0 Å². The first-order valence-electron chi connectivity index (χ1n) is 9.47. The Hall–Kier alpha value is -1.03. The van der Waals surface area contributed by atoms with Gasteiger partial charge < -0.3 is 0 Å². The molecule has 0 N–H and O–H groups in total. The predicted molar refractivity (Wildman–Crippen MR) is 105 cm³/mol. The van der Waals surface area contributed by atoms with Crippen molar-refractivity contribution in [3.63, 3.8) is 0 Å². The maximum Gasteiger partial charge on any atom is 0.0625 e. The highest BCUT2D eigenvalue weighted by atomic mass is 32.2. The van der Waals surface area contributed by atoms with Gasteiger partial charge in [-0.3, -0.25) is 9.80 Å². The van der Waals surface area contributed by atoms with Crippen LogP contribution in [0.5, 0.6) is 0 Å². The second-order valence-corrected chi connectivity index (χ2v) is 8.14. The van der Waals surface area contributed by atoms with E-state index in [9.17, 15) is 0 Å². The van der Waals surface area contributed by atoms with E-state index in [1.807, 2.05) is 0 Å². The molecule has 0 radical (unpaired) electrons. The Labute approximate surface area is 150 Å². The van der Waals surface area contributed by atoms with Crippen molar-refractivity contribution in [2.75, 3.05) is 25.4 Å². The molecule has 2 fully saturated rings. The van der Waals surface area contributed by atoms with E-state index < -0.39 is 0 Å². The number of nitrogens with zero attached hydrogens (tertiary/aromatic N) is 2. The molecule has 2 aromatic rings. The molecule has 0 saturated carbocycles. The lowest BCUT2D eigenvalue weighted by Crippen LogP contribution is -2.47. The van der Waals surface area contributed by atoms with Gasteiger partial charge in [0.1, 0.15) is 0 Å². The summed E-state index contributed by atoms with van der Waals surface area (Å²) in [5, 5.41) is 2.77. The SMILES string of the molecule is CCN1CCCC1N1CCCC1CSc1cccc2ccccc12. The number of benzene rings is 2. The van der Waals surface area contributed by atoms with Crippen LogP contribution < -0.4 is 0 Å². The molecule has 3 heteroatoms. The zero-order valence-electron chi connectivity index (χ0n) is 14.7. The molecule has 2 heterocycles. The topological polar surface area (TPSA) is 6.48 Å². The largest absolute Gasteiger partial charge is 0.288 e. The van der Waals surface area contributed by atoms with Crippen molar-refractivity contribution in [1.29, 1.82) is 0 Å². The lowest BCUT2D eigenvalue weighted by Gasteiger charge is -2.36. The minimum absolute atomic E-state index is 0.704. The van der Waals surface area contributed by atoms with E-state index in [2.05, 4.69) is 71.0 Å². The van der Waals surface area contributed by atoms with Crippen LogP contribution in [0, 0.1) is 0 Å². The number of likely N-dealkylation sites (tertiary alicyclic amines) is 2. The second-order valence-electron chi connectivity index (χ2n) is 7.07. The Morgan fingerprint density at radius 1 is 1.00 bits per heavy atom. The number of hydrogen-bond acceptors (Lipinski definition) is 3. The van der Waals surface area contributed by atoms with Gasteiger partial charge >= 0.3 is 0 Å². The summed E-state index contributed by atoms with van der Waals surface area (Å²) in [6.07, 6.45) is 6.18. The summed E-state index contributed by atoms with van der Waals surface area (Å²) in [4.78, 5) is 6.94. The summed E-state index contributed by atoms with van der Waals surface area (Å²) >= 11 is 2.06. The number of fused-ring (bicyclic) bond motifs is 1. The van der Waals surface area contributed by atoms with Crippen LogP contribution in [0.1, 0.15) is 32.6 Å². The zero-order chi connectivity index (χ0) is 16.4. The number of rotatable bonds is 5. The minimum Gasteiger partial charge on any atom is -0.288 e. The second kappa shape index (κ2) is 7.47. The summed E-state index contributed by atoms with van der Waals surface area (Å²) in [6.45, 7) is 6.10. The van der Waals surface area contributed by atoms with Crippen molar-refractivity contribution >= 4 is 22.5 Å². The lowest BCUT2D eigenvalue weighted by atomic mass is 10.1. The molecule has 2 unspecified atom stereocenters. The lowest BCUT2D eigenvalue weighted by molar-refractivity contribution is 0.0749. The van der Waals surface area contributed by atoms with Crippen LogP contribution in [0.2, 0.25) is 0 Å². The number of hydrogen-bond donors (Lipinski definition) is 0. The molecule has 0 spiro atoms. The van der Waals surface area contributed by atoms with Crippen LogP contribution in [0.3, 0.4) is 0 Å². The monoisotopic (exact) mass is 340 g/mol. The van der Waals surface area contributed by atoms with Gasteiger partial charge in [0.2, 0.25) is 0 Å². The van der Waals surface area contributed by atoms with Crippen LogP contribution in [0.4, 0.5) is 0 Å². The van der Waals surface area contributed by atoms with Gasteiger partial charge in [0, 0.05) is 23.2 Å². The van der Waals surface area contributed by atoms with Crippen LogP contribution in [0.15, 0.2) is 47.4 Å². The molecule has 0 bridgehead atoms. The third-order valence-electron chi connectivity index (χ3n) is 5.72. The van der Waals surface area contributed by atoms with E-state index in [-0.39, 0.29) is 0 Å². The molecule has 2 aromatic carbocycles. The molecule has 0 aliphatic carbocycles. The highest BCUT2D eigenvalue weighted by Gasteiger charge is 2.35. The van der Waals surface area contributed by atoms with Gasteiger partial charge in [-0.05, 0) is 55.6 Å². The Bertz CT molecular complexity index is 681. The van der Waals surface area contributed by atoms with Crippen molar-refractivity contribution in [3.8, 4) is 0 Å². The average Bonchev–Trinajstić information content (AvgIpc) is 3.28. The molecule has 128 valence electrons. The van der Waals surface area contributed by atoms with Crippen molar-refractivity contribution in [1.82, 2.24) is 9.80 Å². The Morgan fingerprint density at radius 2 is 1.83 bits per heavy atom. The molecule has 2 aliphatic rings.